The van der Waals surface area contributed by atoms with Gasteiger partial charge in [0.1, 0.15) is 6.29 Å². The van der Waals surface area contributed by atoms with Crippen LogP contribution < -0.4 is 16.0 Å². The quantitative estimate of drug-likeness (QED) is 0.0936. The summed E-state index contributed by atoms with van der Waals surface area (Å²) < 4.78 is 0. The van der Waals surface area contributed by atoms with Crippen molar-refractivity contribution in [3.8, 4) is 0 Å². The standard InChI is InChI=1S/C23H41N5O7.C9H18N2O2.C2H6/c1-18-2-4-19(5-3-18)24-20(29)14-25-6-8-26(15-21(30)31)10-12-28(17-23(34)35)13-11-27(9-7-25)16-22(32)33;1-8(13)11-6-4-3-5-9(7-12)10-2;1-2/h18-19H,2-17H2,1H3,(H,24,29)(H,30,31)(H,32,33)(H,34,35);7,9-10H,3-6H2,1-2H3,(H,11,13);1-2H3. The smallest absolute Gasteiger partial charge is 0.317 e. The Morgan fingerprint density at radius 1 is 0.700 bits per heavy atom. The van der Waals surface area contributed by atoms with E-state index in [1.54, 1.807) is 21.7 Å². The number of unbranched alkanes of at least 4 members (excludes halogenated alkanes) is 1. The van der Waals surface area contributed by atoms with Gasteiger partial charge in [0, 0.05) is 71.9 Å². The van der Waals surface area contributed by atoms with E-state index < -0.39 is 17.9 Å². The summed E-state index contributed by atoms with van der Waals surface area (Å²) in [5.74, 6) is -2.31. The summed E-state index contributed by atoms with van der Waals surface area (Å²) in [5, 5.41) is 36.6. The highest BCUT2D eigenvalue weighted by Crippen LogP contribution is 2.23. The van der Waals surface area contributed by atoms with Crippen LogP contribution in [0, 0.1) is 5.92 Å². The molecule has 1 aliphatic carbocycles. The summed E-state index contributed by atoms with van der Waals surface area (Å²) in [6, 6.07) is 0.135. The number of hydrogen-bond acceptors (Lipinski definition) is 11. The average molecular weight is 716 g/mol. The summed E-state index contributed by atoms with van der Waals surface area (Å²) >= 11 is 0. The van der Waals surface area contributed by atoms with Crippen LogP contribution in [0.2, 0.25) is 0 Å². The zero-order valence-electron chi connectivity index (χ0n) is 31.0. The lowest BCUT2D eigenvalue weighted by Crippen LogP contribution is -2.50. The molecule has 1 saturated heterocycles. The number of amides is 2. The van der Waals surface area contributed by atoms with Crippen molar-refractivity contribution in [2.24, 2.45) is 5.92 Å². The Kier molecular flexibility index (Phi) is 26.7. The highest BCUT2D eigenvalue weighted by Gasteiger charge is 2.23. The van der Waals surface area contributed by atoms with Gasteiger partial charge in [0.2, 0.25) is 11.8 Å². The van der Waals surface area contributed by atoms with Crippen LogP contribution in [0.3, 0.4) is 0 Å². The normalized spacial score (nSPS) is 20.6. The lowest BCUT2D eigenvalue weighted by Gasteiger charge is -2.33. The van der Waals surface area contributed by atoms with Crippen molar-refractivity contribution in [2.75, 3.05) is 92.1 Å². The number of hydrogen-bond donors (Lipinski definition) is 6. The molecule has 1 saturated carbocycles. The van der Waals surface area contributed by atoms with Crippen LogP contribution in [0.5, 0.6) is 0 Å². The van der Waals surface area contributed by atoms with Crippen LogP contribution in [0.25, 0.3) is 0 Å². The molecule has 0 aromatic rings. The van der Waals surface area contributed by atoms with Crippen LogP contribution in [0.1, 0.15) is 72.6 Å². The second-order valence-corrected chi connectivity index (χ2v) is 12.8. The van der Waals surface area contributed by atoms with Gasteiger partial charge >= 0.3 is 17.9 Å². The maximum Gasteiger partial charge on any atom is 0.317 e. The first-order valence-electron chi connectivity index (χ1n) is 18.0. The summed E-state index contributed by atoms with van der Waals surface area (Å²) in [6.45, 7) is 11.2. The van der Waals surface area contributed by atoms with E-state index in [-0.39, 0.29) is 50.1 Å². The number of nitrogens with zero attached hydrogens (tertiary/aromatic N) is 4. The average Bonchev–Trinajstić information content (AvgIpc) is 3.05. The third-order valence-corrected chi connectivity index (χ3v) is 8.61. The largest absolute Gasteiger partial charge is 0.480 e. The summed E-state index contributed by atoms with van der Waals surface area (Å²) in [7, 11) is 1.77. The first kappa shape index (κ1) is 46.8. The monoisotopic (exact) mass is 715 g/mol. The fraction of sp³-hybridized carbons (Fsp3) is 0.824. The van der Waals surface area contributed by atoms with E-state index in [2.05, 4.69) is 22.9 Å². The minimum Gasteiger partial charge on any atom is -0.480 e. The molecule has 0 aromatic heterocycles. The molecule has 2 amide bonds. The second kappa shape index (κ2) is 28.5. The van der Waals surface area contributed by atoms with Crippen molar-refractivity contribution in [1.29, 1.82) is 0 Å². The minimum absolute atomic E-state index is 0.000513. The summed E-state index contributed by atoms with van der Waals surface area (Å²) in [6.07, 6.45) is 7.76. The molecular formula is C34H65N7O9. The van der Waals surface area contributed by atoms with Crippen molar-refractivity contribution in [1.82, 2.24) is 35.6 Å². The van der Waals surface area contributed by atoms with Crippen LogP contribution >= 0.6 is 0 Å². The fourth-order valence-electron chi connectivity index (χ4n) is 5.70. The van der Waals surface area contributed by atoms with Gasteiger partial charge in [0.15, 0.2) is 0 Å². The maximum atomic E-state index is 12.8. The molecule has 1 heterocycles. The molecule has 2 aliphatic rings. The Labute approximate surface area is 298 Å². The van der Waals surface area contributed by atoms with Gasteiger partial charge in [-0.05, 0) is 57.9 Å². The number of carboxylic acids is 3. The van der Waals surface area contributed by atoms with Crippen molar-refractivity contribution < 1.29 is 44.1 Å². The zero-order valence-corrected chi connectivity index (χ0v) is 31.0. The van der Waals surface area contributed by atoms with Gasteiger partial charge in [0.05, 0.1) is 32.2 Å². The van der Waals surface area contributed by atoms with Gasteiger partial charge in [-0.3, -0.25) is 43.6 Å². The number of nitrogens with one attached hydrogen (secondary N) is 3. The summed E-state index contributed by atoms with van der Waals surface area (Å²) in [4.78, 5) is 74.8. The van der Waals surface area contributed by atoms with E-state index in [1.807, 2.05) is 18.7 Å². The van der Waals surface area contributed by atoms with Crippen LogP contribution in [0.15, 0.2) is 0 Å². The van der Waals surface area contributed by atoms with Crippen LogP contribution in [-0.2, 0) is 28.8 Å². The molecule has 1 unspecified atom stereocenters. The first-order valence-corrected chi connectivity index (χ1v) is 18.0. The molecule has 0 radical (unpaired) electrons. The fourth-order valence-corrected chi connectivity index (χ4v) is 5.70. The molecular weight excluding hydrogens is 650 g/mol. The molecule has 0 aromatic carbocycles. The topological polar surface area (TPSA) is 212 Å². The minimum atomic E-state index is -0.990. The molecule has 16 nitrogen and oxygen atoms in total. The summed E-state index contributed by atoms with van der Waals surface area (Å²) in [5.41, 5.74) is 0. The SMILES string of the molecule is CC.CC1CCC(NC(=O)CN2CCN(CC(=O)O)CCN(CC(=O)O)CCN(CC(=O)O)CC2)CC1.CNC(C=O)CCCCNC(C)=O. The van der Waals surface area contributed by atoms with Gasteiger partial charge in [-0.2, -0.15) is 0 Å². The number of aliphatic carboxylic acids is 3. The molecule has 1 aliphatic heterocycles. The van der Waals surface area contributed by atoms with Crippen molar-refractivity contribution in [3.05, 3.63) is 0 Å². The van der Waals surface area contributed by atoms with Crippen LogP contribution in [-0.4, -0.2) is 175 Å². The highest BCUT2D eigenvalue weighted by molar-refractivity contribution is 5.78. The van der Waals surface area contributed by atoms with Crippen molar-refractivity contribution >= 4 is 36.0 Å². The Hall–Kier alpha value is -3.18. The van der Waals surface area contributed by atoms with Crippen molar-refractivity contribution in [3.63, 3.8) is 0 Å². The first-order chi connectivity index (χ1) is 23.8. The number of carbonyl (C=O) groups excluding carboxylic acids is 3. The molecule has 16 heteroatoms. The molecule has 2 rings (SSSR count). The highest BCUT2D eigenvalue weighted by atomic mass is 16.4. The maximum absolute atomic E-state index is 12.8. The number of carbonyl (C=O) groups is 6. The number of carboxylic acid groups (broad SMARTS) is 3. The van der Waals surface area contributed by atoms with Gasteiger partial charge in [-0.1, -0.05) is 20.8 Å². The molecule has 290 valence electrons. The molecule has 50 heavy (non-hydrogen) atoms. The lowest BCUT2D eigenvalue weighted by atomic mass is 9.87. The van der Waals surface area contributed by atoms with E-state index in [1.165, 1.54) is 6.92 Å². The second-order valence-electron chi connectivity index (χ2n) is 12.8. The predicted octanol–water partition coefficient (Wildman–Crippen LogP) is 0.263. The molecule has 0 spiro atoms. The molecule has 0 bridgehead atoms. The van der Waals surface area contributed by atoms with Gasteiger partial charge in [-0.25, -0.2) is 0 Å². The van der Waals surface area contributed by atoms with E-state index in [0.717, 1.165) is 51.2 Å². The van der Waals surface area contributed by atoms with Crippen molar-refractivity contribution in [2.45, 2.75) is 84.7 Å². The van der Waals surface area contributed by atoms with E-state index in [4.69, 9.17) is 0 Å². The van der Waals surface area contributed by atoms with E-state index >= 15 is 0 Å². The van der Waals surface area contributed by atoms with E-state index in [0.29, 0.717) is 64.8 Å². The predicted molar refractivity (Wildman–Crippen MR) is 191 cm³/mol. The molecule has 6 N–H and O–H groups in total. The van der Waals surface area contributed by atoms with Gasteiger partial charge in [0.25, 0.3) is 0 Å². The molecule has 1 atom stereocenters. The van der Waals surface area contributed by atoms with E-state index in [9.17, 15) is 44.1 Å². The third-order valence-electron chi connectivity index (χ3n) is 8.61. The number of rotatable bonds is 16. The van der Waals surface area contributed by atoms with Crippen LogP contribution in [0.4, 0.5) is 0 Å². The van der Waals surface area contributed by atoms with Gasteiger partial charge < -0.3 is 36.1 Å². The Bertz CT molecular complexity index is 964. The Morgan fingerprint density at radius 3 is 1.44 bits per heavy atom. The third kappa shape index (κ3) is 24.9. The number of likely N-dealkylation sites (N-methyl/N-ethyl adjacent to an activating group) is 1. The zero-order chi connectivity index (χ0) is 37.9. The lowest BCUT2D eigenvalue weighted by molar-refractivity contribution is -0.140. The Balaban J connectivity index is 0.00000135. The van der Waals surface area contributed by atoms with Gasteiger partial charge in [-0.15, -0.1) is 0 Å². The Morgan fingerprint density at radius 2 is 1.10 bits per heavy atom. The number of aldehydes is 1. The molecule has 2 fully saturated rings.